The highest BCUT2D eigenvalue weighted by atomic mass is 32.2. The molecule has 0 bridgehead atoms. The lowest BCUT2D eigenvalue weighted by Crippen LogP contribution is -2.07. The number of nitriles is 2. The fourth-order valence-corrected chi connectivity index (χ4v) is 3.98. The number of rotatable bonds is 4. The summed E-state index contributed by atoms with van der Waals surface area (Å²) in [5, 5.41) is 16.9. The standard InChI is InChI=1S/C10H13N3OS.C10H13N3S.CH4/c1-8-4-5-10(6-12-8)9(2)15(3,14)13-7-11;1-8-4-5-10(6-12-8)9(2)14(3)13-7-11;/h4-6,9H,1-3H3;4-6,9H,1-3H3;1H4. The first-order valence-corrected chi connectivity index (χ1v) is 12.4. The van der Waals surface area contributed by atoms with E-state index in [4.69, 9.17) is 10.5 Å². The Morgan fingerprint density at radius 2 is 1.50 bits per heavy atom. The lowest BCUT2D eigenvalue weighted by atomic mass is 10.2. The van der Waals surface area contributed by atoms with Crippen LogP contribution in [-0.2, 0) is 20.4 Å². The molecule has 0 fully saturated rings. The summed E-state index contributed by atoms with van der Waals surface area (Å²) in [7, 11) is -2.75. The summed E-state index contributed by atoms with van der Waals surface area (Å²) in [5.74, 6) is 0. The van der Waals surface area contributed by atoms with Gasteiger partial charge in [-0.2, -0.15) is 14.9 Å². The van der Waals surface area contributed by atoms with Crippen LogP contribution < -0.4 is 0 Å². The molecule has 0 amide bonds. The van der Waals surface area contributed by atoms with E-state index in [1.807, 2.05) is 56.8 Å². The molecule has 0 radical (unpaired) electrons. The molecule has 0 aliphatic rings. The monoisotopic (exact) mass is 446 g/mol. The highest BCUT2D eigenvalue weighted by Gasteiger charge is 2.16. The van der Waals surface area contributed by atoms with Crippen LogP contribution in [0.1, 0.15) is 54.3 Å². The van der Waals surface area contributed by atoms with Gasteiger partial charge in [-0.05, 0) is 57.2 Å². The van der Waals surface area contributed by atoms with Gasteiger partial charge in [-0.25, -0.2) is 4.21 Å². The van der Waals surface area contributed by atoms with Crippen LogP contribution in [0.3, 0.4) is 0 Å². The Kier molecular flexibility index (Phi) is 11.7. The Hall–Kier alpha value is -2.62. The van der Waals surface area contributed by atoms with Crippen molar-refractivity contribution in [2.75, 3.05) is 12.5 Å². The minimum atomic E-state index is -2.50. The van der Waals surface area contributed by atoms with Crippen molar-refractivity contribution >= 4 is 20.4 Å². The second-order valence-corrected chi connectivity index (χ2v) is 11.1. The number of nitrogens with zero attached hydrogens (tertiary/aromatic N) is 6. The van der Waals surface area contributed by atoms with E-state index in [-0.39, 0.29) is 28.6 Å². The molecule has 2 aromatic heterocycles. The van der Waals surface area contributed by atoms with Gasteiger partial charge in [0.15, 0.2) is 0 Å². The molecule has 0 saturated heterocycles. The minimum Gasteiger partial charge on any atom is -0.261 e. The first-order chi connectivity index (χ1) is 13.6. The molecule has 2 rings (SSSR count). The molecular weight excluding hydrogens is 416 g/mol. The summed E-state index contributed by atoms with van der Waals surface area (Å²) in [6.07, 6.45) is 10.4. The number of aryl methyl sites for hydroxylation is 2. The van der Waals surface area contributed by atoms with Crippen LogP contribution in [-0.4, -0.2) is 26.7 Å². The molecule has 0 N–H and O–H groups in total. The molecule has 2 heterocycles. The maximum atomic E-state index is 12.0. The molecule has 9 heteroatoms. The zero-order chi connectivity index (χ0) is 22.0. The Bertz CT molecular complexity index is 1040. The molecule has 0 aromatic carbocycles. The summed E-state index contributed by atoms with van der Waals surface area (Å²) in [6.45, 7) is 7.70. The van der Waals surface area contributed by atoms with Gasteiger partial charge >= 0.3 is 0 Å². The van der Waals surface area contributed by atoms with Crippen molar-refractivity contribution in [3.63, 3.8) is 0 Å². The fraction of sp³-hybridized carbons (Fsp3) is 0.429. The van der Waals surface area contributed by atoms with E-state index in [2.05, 4.69) is 25.6 Å². The predicted molar refractivity (Wildman–Crippen MR) is 125 cm³/mol. The predicted octanol–water partition coefficient (Wildman–Crippen LogP) is 5.03. The van der Waals surface area contributed by atoms with Gasteiger partial charge in [0.2, 0.25) is 12.4 Å². The first kappa shape index (κ1) is 27.4. The van der Waals surface area contributed by atoms with Crippen molar-refractivity contribution in [2.45, 2.75) is 45.6 Å². The van der Waals surface area contributed by atoms with Gasteiger partial charge in [0.1, 0.15) is 0 Å². The third-order valence-corrected chi connectivity index (χ3v) is 8.08. The van der Waals surface area contributed by atoms with Crippen LogP contribution in [0.4, 0.5) is 0 Å². The van der Waals surface area contributed by atoms with Gasteiger partial charge in [0, 0.05) is 35.3 Å². The summed E-state index contributed by atoms with van der Waals surface area (Å²) in [6, 6.07) is 7.75. The molecule has 0 aliphatic heterocycles. The zero-order valence-corrected chi connectivity index (χ0v) is 19.2. The molecule has 162 valence electrons. The molecule has 0 saturated carbocycles. The largest absolute Gasteiger partial charge is 0.261 e. The van der Waals surface area contributed by atoms with E-state index < -0.39 is 9.73 Å². The average Bonchev–Trinajstić information content (AvgIpc) is 2.69. The van der Waals surface area contributed by atoms with E-state index in [1.165, 1.54) is 6.26 Å². The normalized spacial score (nSPS) is 14.9. The lowest BCUT2D eigenvalue weighted by molar-refractivity contribution is 0.673. The van der Waals surface area contributed by atoms with Crippen molar-refractivity contribution < 1.29 is 4.21 Å². The van der Waals surface area contributed by atoms with Gasteiger partial charge < -0.3 is 0 Å². The summed E-state index contributed by atoms with van der Waals surface area (Å²) in [4.78, 5) is 8.35. The van der Waals surface area contributed by atoms with Crippen molar-refractivity contribution in [3.8, 4) is 12.4 Å². The highest BCUT2D eigenvalue weighted by molar-refractivity contribution is 7.93. The molecule has 7 nitrogen and oxygen atoms in total. The Morgan fingerprint density at radius 1 is 1.00 bits per heavy atom. The molecule has 2 aromatic rings. The van der Waals surface area contributed by atoms with E-state index in [0.717, 1.165) is 22.5 Å². The third kappa shape index (κ3) is 8.40. The lowest BCUT2D eigenvalue weighted by Gasteiger charge is -2.12. The Morgan fingerprint density at radius 3 is 1.90 bits per heavy atom. The van der Waals surface area contributed by atoms with Crippen LogP contribution in [0, 0.1) is 36.8 Å². The SMILES string of the molecule is C.Cc1ccc(C(C)S(C)(=O)=NC#N)cn1.Cc1ccc(C(C)S(C)=NC#N)cn1. The second kappa shape index (κ2) is 12.8. The smallest absolute Gasteiger partial charge is 0.214 e. The minimum absolute atomic E-state index is 0. The van der Waals surface area contributed by atoms with Gasteiger partial charge in [0.25, 0.3) is 0 Å². The molecular formula is C21H30N6OS2. The van der Waals surface area contributed by atoms with Crippen molar-refractivity contribution in [3.05, 3.63) is 59.2 Å². The van der Waals surface area contributed by atoms with Crippen LogP contribution in [0.25, 0.3) is 0 Å². The van der Waals surface area contributed by atoms with E-state index in [0.29, 0.717) is 0 Å². The van der Waals surface area contributed by atoms with Crippen LogP contribution in [0.5, 0.6) is 0 Å². The first-order valence-electron chi connectivity index (χ1n) is 8.81. The molecule has 4 unspecified atom stereocenters. The zero-order valence-electron chi connectivity index (χ0n) is 17.5. The van der Waals surface area contributed by atoms with Crippen molar-refractivity contribution in [2.24, 2.45) is 8.73 Å². The van der Waals surface area contributed by atoms with Crippen LogP contribution >= 0.6 is 0 Å². The maximum absolute atomic E-state index is 12.0. The van der Waals surface area contributed by atoms with Crippen molar-refractivity contribution in [1.82, 2.24) is 9.97 Å². The summed E-state index contributed by atoms with van der Waals surface area (Å²) >= 11 is 0. The quantitative estimate of drug-likeness (QED) is 0.611. The van der Waals surface area contributed by atoms with Crippen LogP contribution in [0.2, 0.25) is 0 Å². The van der Waals surface area contributed by atoms with E-state index in [1.54, 1.807) is 19.3 Å². The van der Waals surface area contributed by atoms with Crippen molar-refractivity contribution in [1.29, 1.82) is 10.5 Å². The molecule has 0 spiro atoms. The van der Waals surface area contributed by atoms with Gasteiger partial charge in [-0.15, -0.1) is 4.36 Å². The number of hydrogen-bond acceptors (Lipinski definition) is 7. The third-order valence-electron chi connectivity index (χ3n) is 4.38. The Labute approximate surface area is 183 Å². The number of pyridine rings is 2. The molecule has 30 heavy (non-hydrogen) atoms. The molecule has 4 atom stereocenters. The second-order valence-electron chi connectivity index (χ2n) is 6.52. The maximum Gasteiger partial charge on any atom is 0.214 e. The van der Waals surface area contributed by atoms with Gasteiger partial charge in [-0.3, -0.25) is 9.97 Å². The summed E-state index contributed by atoms with van der Waals surface area (Å²) < 4.78 is 19.2. The van der Waals surface area contributed by atoms with E-state index in [9.17, 15) is 4.21 Å². The van der Waals surface area contributed by atoms with Gasteiger partial charge in [0.05, 0.1) is 15.0 Å². The fourth-order valence-electron chi connectivity index (χ4n) is 2.19. The Balaban J connectivity index is 0.000000544. The summed E-state index contributed by atoms with van der Waals surface area (Å²) in [5.41, 5.74) is 3.90. The number of hydrogen-bond donors (Lipinski definition) is 0. The highest BCUT2D eigenvalue weighted by Crippen LogP contribution is 2.22. The molecule has 0 aliphatic carbocycles. The van der Waals surface area contributed by atoms with Gasteiger partial charge in [-0.1, -0.05) is 30.3 Å². The van der Waals surface area contributed by atoms with Crippen LogP contribution in [0.15, 0.2) is 45.4 Å². The average molecular weight is 447 g/mol. The number of aromatic nitrogens is 2. The topological polar surface area (TPSA) is 115 Å². The van der Waals surface area contributed by atoms with E-state index >= 15 is 0 Å².